The Labute approximate surface area is 268 Å². The number of anilines is 2. The Bertz CT molecular complexity index is 1720. The maximum Gasteiger partial charge on any atom is 0.416 e. The fraction of sp³-hybridized carbons (Fsp3) is 0.229. The fourth-order valence-corrected chi connectivity index (χ4v) is 5.88. The molecule has 3 N–H and O–H groups in total. The number of hydrogen-bond donors (Lipinski definition) is 3. The highest BCUT2D eigenvalue weighted by Crippen LogP contribution is 2.36. The topological polar surface area (TPSA) is 98.7 Å². The van der Waals surface area contributed by atoms with E-state index in [1.165, 1.54) is 27.9 Å². The molecule has 0 fully saturated rings. The lowest BCUT2D eigenvalue weighted by Crippen LogP contribution is -2.34. The van der Waals surface area contributed by atoms with Crippen LogP contribution in [-0.2, 0) is 17.5 Å². The van der Waals surface area contributed by atoms with Gasteiger partial charge in [0.1, 0.15) is 0 Å². The van der Waals surface area contributed by atoms with Crippen molar-refractivity contribution in [2.45, 2.75) is 44.8 Å². The summed E-state index contributed by atoms with van der Waals surface area (Å²) in [5.74, 6) is -1.45. The van der Waals surface area contributed by atoms with Crippen LogP contribution in [0.3, 0.4) is 0 Å². The molecule has 0 spiro atoms. The van der Waals surface area contributed by atoms with Gasteiger partial charge >= 0.3 is 18.2 Å². The van der Waals surface area contributed by atoms with Crippen molar-refractivity contribution in [1.82, 2.24) is 5.32 Å². The number of amides is 3. The normalized spacial score (nSPS) is 13.1. The summed E-state index contributed by atoms with van der Waals surface area (Å²) in [4.78, 5) is 38.4. The number of hydrogen-bond acceptors (Lipinski definition) is 4. The zero-order valence-electron chi connectivity index (χ0n) is 24.8. The number of rotatable bonds is 10. The van der Waals surface area contributed by atoms with Crippen molar-refractivity contribution in [1.29, 1.82) is 0 Å². The van der Waals surface area contributed by atoms with E-state index in [9.17, 15) is 27.6 Å². The lowest BCUT2D eigenvalue weighted by Gasteiger charge is -2.25. The van der Waals surface area contributed by atoms with Gasteiger partial charge in [-0.2, -0.15) is 24.5 Å². The first kappa shape index (κ1) is 32.5. The second-order valence-electron chi connectivity index (χ2n) is 10.9. The molecule has 7 nitrogen and oxygen atoms in total. The number of carbonyl (C=O) groups excluding carboxylic acids is 2. The third kappa shape index (κ3) is 8.42. The molecular weight excluding hydrogens is 615 g/mol. The van der Waals surface area contributed by atoms with E-state index in [2.05, 4.69) is 16.7 Å². The fourth-order valence-electron chi connectivity index (χ4n) is 5.22. The summed E-state index contributed by atoms with van der Waals surface area (Å²) in [7, 11) is 0. The van der Waals surface area contributed by atoms with Gasteiger partial charge in [-0.1, -0.05) is 30.3 Å². The molecule has 3 aromatic carbocycles. The number of nitrogens with zero attached hydrogens (tertiary/aromatic N) is 1. The van der Waals surface area contributed by atoms with Crippen molar-refractivity contribution in [2.24, 2.45) is 0 Å². The summed E-state index contributed by atoms with van der Waals surface area (Å²) in [6.07, 6.45) is 1.66. The first-order valence-corrected chi connectivity index (χ1v) is 15.7. The quantitative estimate of drug-likeness (QED) is 0.160. The van der Waals surface area contributed by atoms with E-state index in [1.54, 1.807) is 41.1 Å². The molecule has 0 aliphatic heterocycles. The van der Waals surface area contributed by atoms with Gasteiger partial charge in [0.2, 0.25) is 0 Å². The van der Waals surface area contributed by atoms with Gasteiger partial charge < -0.3 is 15.7 Å². The number of alkyl halides is 3. The molecule has 11 heteroatoms. The van der Waals surface area contributed by atoms with Crippen LogP contribution in [-0.4, -0.2) is 29.6 Å². The van der Waals surface area contributed by atoms with E-state index in [0.29, 0.717) is 27.9 Å². The molecular formula is C35H32F3N3O4S. The molecule has 0 saturated heterocycles. The smallest absolute Gasteiger partial charge is 0.416 e. The highest BCUT2D eigenvalue weighted by molar-refractivity contribution is 7.08. The molecule has 1 aliphatic rings. The Morgan fingerprint density at radius 3 is 2.28 bits per heavy atom. The molecule has 0 saturated carbocycles. The SMILES string of the molecule is O=C(O)CCNC(=O)c1ccc(CN(C(=O)Nc2cc(-c3ccsc3)cc(C(F)(F)F)c2)c2ccc(C3=CCCCC3)cc2)cc1. The number of carbonyl (C=O) groups is 3. The van der Waals surface area contributed by atoms with Gasteiger partial charge in [0, 0.05) is 23.5 Å². The molecule has 5 rings (SSSR count). The van der Waals surface area contributed by atoms with E-state index in [4.69, 9.17) is 5.11 Å². The van der Waals surface area contributed by atoms with Crippen LogP contribution < -0.4 is 15.5 Å². The lowest BCUT2D eigenvalue weighted by molar-refractivity contribution is -0.138. The van der Waals surface area contributed by atoms with Crippen LogP contribution in [0.5, 0.6) is 0 Å². The average molecular weight is 648 g/mol. The molecule has 0 bridgehead atoms. The number of benzene rings is 3. The summed E-state index contributed by atoms with van der Waals surface area (Å²) in [6.45, 7) is 0.0472. The Kier molecular flexibility index (Phi) is 10.2. The Hall–Kier alpha value is -4.90. The molecule has 3 amide bonds. The third-order valence-electron chi connectivity index (χ3n) is 7.63. The second kappa shape index (κ2) is 14.5. The second-order valence-corrected chi connectivity index (χ2v) is 11.7. The molecule has 0 radical (unpaired) electrons. The predicted octanol–water partition coefficient (Wildman–Crippen LogP) is 8.83. The number of carboxylic acids is 1. The van der Waals surface area contributed by atoms with E-state index in [1.807, 2.05) is 24.3 Å². The highest BCUT2D eigenvalue weighted by Gasteiger charge is 2.32. The van der Waals surface area contributed by atoms with Crippen molar-refractivity contribution in [3.8, 4) is 11.1 Å². The van der Waals surface area contributed by atoms with Gasteiger partial charge in [0.05, 0.1) is 18.5 Å². The third-order valence-corrected chi connectivity index (χ3v) is 8.32. The van der Waals surface area contributed by atoms with Gasteiger partial charge in [0.25, 0.3) is 5.91 Å². The van der Waals surface area contributed by atoms with Crippen molar-refractivity contribution in [2.75, 3.05) is 16.8 Å². The van der Waals surface area contributed by atoms with Crippen molar-refractivity contribution in [3.05, 3.63) is 112 Å². The summed E-state index contributed by atoms with van der Waals surface area (Å²) in [6, 6.07) is 18.6. The zero-order chi connectivity index (χ0) is 32.7. The number of carboxylic acid groups (broad SMARTS) is 1. The van der Waals surface area contributed by atoms with Gasteiger partial charge in [-0.3, -0.25) is 14.5 Å². The van der Waals surface area contributed by atoms with Crippen LogP contribution in [0.25, 0.3) is 16.7 Å². The highest BCUT2D eigenvalue weighted by atomic mass is 32.1. The van der Waals surface area contributed by atoms with Crippen LogP contribution in [0, 0.1) is 0 Å². The van der Waals surface area contributed by atoms with Crippen LogP contribution in [0.2, 0.25) is 0 Å². The molecule has 238 valence electrons. The van der Waals surface area contributed by atoms with Crippen molar-refractivity contribution < 1.29 is 32.7 Å². The number of aliphatic carboxylic acids is 1. The summed E-state index contributed by atoms with van der Waals surface area (Å²) >= 11 is 1.36. The Morgan fingerprint density at radius 1 is 0.891 bits per heavy atom. The summed E-state index contributed by atoms with van der Waals surface area (Å²) in [5.41, 5.74) is 3.90. The van der Waals surface area contributed by atoms with E-state index in [-0.39, 0.29) is 25.2 Å². The Balaban J connectivity index is 1.42. The van der Waals surface area contributed by atoms with Gasteiger partial charge in [-0.15, -0.1) is 0 Å². The van der Waals surface area contributed by atoms with Crippen LogP contribution in [0.4, 0.5) is 29.3 Å². The monoisotopic (exact) mass is 647 g/mol. The van der Waals surface area contributed by atoms with E-state index >= 15 is 0 Å². The summed E-state index contributed by atoms with van der Waals surface area (Å²) < 4.78 is 41.5. The number of urea groups is 1. The standard InChI is InChI=1S/C35H32F3N3O4S/c36-35(37,38)29-18-28(27-15-17-46-22-27)19-30(20-29)40-34(45)41(31-12-10-25(11-13-31)24-4-2-1-3-5-24)21-23-6-8-26(9-7-23)33(44)39-16-14-32(42)43/h4,6-13,15,17-20,22H,1-3,5,14,16,21H2,(H,39,44)(H,40,45)(H,42,43). The van der Waals surface area contributed by atoms with E-state index in [0.717, 1.165) is 43.4 Å². The van der Waals surface area contributed by atoms with Gasteiger partial charge in [-0.05, 0) is 113 Å². The molecule has 4 aromatic rings. The lowest BCUT2D eigenvalue weighted by atomic mass is 9.93. The first-order valence-electron chi connectivity index (χ1n) is 14.8. The molecule has 46 heavy (non-hydrogen) atoms. The minimum absolute atomic E-state index is 0.00314. The molecule has 0 atom stereocenters. The molecule has 0 unspecified atom stereocenters. The van der Waals surface area contributed by atoms with Crippen LogP contribution >= 0.6 is 11.3 Å². The number of nitrogens with one attached hydrogen (secondary N) is 2. The predicted molar refractivity (Wildman–Crippen MR) is 174 cm³/mol. The molecule has 1 aromatic heterocycles. The van der Waals surface area contributed by atoms with Crippen LogP contribution in [0.15, 0.2) is 89.6 Å². The summed E-state index contributed by atoms with van der Waals surface area (Å²) in [5, 5.41) is 17.5. The minimum Gasteiger partial charge on any atom is -0.481 e. The van der Waals surface area contributed by atoms with Gasteiger partial charge in [0.15, 0.2) is 0 Å². The Morgan fingerprint density at radius 2 is 1.65 bits per heavy atom. The average Bonchev–Trinajstić information content (AvgIpc) is 3.59. The van der Waals surface area contributed by atoms with E-state index < -0.39 is 29.6 Å². The maximum atomic E-state index is 13.8. The number of allylic oxidation sites excluding steroid dienone is 2. The zero-order valence-corrected chi connectivity index (χ0v) is 25.6. The molecule has 1 aliphatic carbocycles. The van der Waals surface area contributed by atoms with Gasteiger partial charge in [-0.25, -0.2) is 4.79 Å². The largest absolute Gasteiger partial charge is 0.481 e. The maximum absolute atomic E-state index is 13.8. The van der Waals surface area contributed by atoms with Crippen LogP contribution in [0.1, 0.15) is 59.2 Å². The molecule has 1 heterocycles. The first-order chi connectivity index (χ1) is 22.1. The van der Waals surface area contributed by atoms with Crippen molar-refractivity contribution in [3.63, 3.8) is 0 Å². The minimum atomic E-state index is -4.61. The number of thiophene rings is 1. The van der Waals surface area contributed by atoms with Crippen molar-refractivity contribution >= 4 is 46.2 Å². The number of halogens is 3.